The number of nitrogens with zero attached hydrogens (tertiary/aromatic N) is 1. The van der Waals surface area contributed by atoms with E-state index in [1.54, 1.807) is 16.4 Å². The number of H-pyrrole nitrogens is 1. The smallest absolute Gasteiger partial charge is 0.243 e. The Balaban J connectivity index is 1.48. The van der Waals surface area contributed by atoms with E-state index < -0.39 is 10.0 Å². The minimum atomic E-state index is -3.39. The van der Waals surface area contributed by atoms with E-state index >= 15 is 0 Å². The molecule has 0 saturated carbocycles. The molecule has 0 atom stereocenters. The van der Waals surface area contributed by atoms with Gasteiger partial charge in [-0.05, 0) is 54.5 Å². The quantitative estimate of drug-likeness (QED) is 0.746. The van der Waals surface area contributed by atoms with Crippen molar-refractivity contribution in [3.63, 3.8) is 0 Å². The van der Waals surface area contributed by atoms with Gasteiger partial charge in [0.15, 0.2) is 0 Å². The first-order valence-electron chi connectivity index (χ1n) is 9.24. The fourth-order valence-electron chi connectivity index (χ4n) is 3.77. The van der Waals surface area contributed by atoms with Crippen molar-refractivity contribution < 1.29 is 8.42 Å². The van der Waals surface area contributed by atoms with Crippen LogP contribution in [0.5, 0.6) is 0 Å². The van der Waals surface area contributed by atoms with Crippen molar-refractivity contribution in [3.8, 4) is 0 Å². The van der Waals surface area contributed by atoms with Gasteiger partial charge in [-0.1, -0.05) is 37.3 Å². The van der Waals surface area contributed by atoms with E-state index in [0.29, 0.717) is 23.9 Å². The van der Waals surface area contributed by atoms with Crippen LogP contribution in [0.1, 0.15) is 36.9 Å². The van der Waals surface area contributed by atoms with Crippen LogP contribution in [-0.2, 0) is 16.4 Å². The number of sulfonamides is 1. The fourth-order valence-corrected chi connectivity index (χ4v) is 5.24. The maximum Gasteiger partial charge on any atom is 0.243 e. The van der Waals surface area contributed by atoms with Gasteiger partial charge in [0, 0.05) is 30.2 Å². The molecule has 4 nitrogen and oxygen atoms in total. The van der Waals surface area contributed by atoms with E-state index in [2.05, 4.69) is 30.1 Å². The van der Waals surface area contributed by atoms with Crippen molar-refractivity contribution in [2.75, 3.05) is 13.1 Å². The lowest BCUT2D eigenvalue weighted by molar-refractivity contribution is 0.317. The second-order valence-corrected chi connectivity index (χ2v) is 8.93. The molecule has 2 aromatic carbocycles. The van der Waals surface area contributed by atoms with Crippen molar-refractivity contribution in [1.82, 2.24) is 9.29 Å². The molecule has 0 spiro atoms. The van der Waals surface area contributed by atoms with Crippen molar-refractivity contribution >= 4 is 20.9 Å². The lowest BCUT2D eigenvalue weighted by Crippen LogP contribution is -2.37. The molecule has 5 heteroatoms. The Hall–Kier alpha value is -2.11. The van der Waals surface area contributed by atoms with E-state index in [0.717, 1.165) is 30.3 Å². The topological polar surface area (TPSA) is 53.2 Å². The summed E-state index contributed by atoms with van der Waals surface area (Å²) >= 11 is 0. The Kier molecular flexibility index (Phi) is 4.59. The second kappa shape index (κ2) is 6.89. The van der Waals surface area contributed by atoms with Crippen LogP contribution in [0.4, 0.5) is 0 Å². The first kappa shape index (κ1) is 17.3. The van der Waals surface area contributed by atoms with Crippen LogP contribution in [-0.4, -0.2) is 30.8 Å². The number of fused-ring (bicyclic) bond motifs is 1. The van der Waals surface area contributed by atoms with E-state index in [4.69, 9.17) is 0 Å². The summed E-state index contributed by atoms with van der Waals surface area (Å²) in [5, 5.41) is 1.22. The van der Waals surface area contributed by atoms with Crippen molar-refractivity contribution in [1.29, 1.82) is 0 Å². The normalized spacial score (nSPS) is 17.0. The predicted molar refractivity (Wildman–Crippen MR) is 105 cm³/mol. The molecule has 1 aromatic heterocycles. The van der Waals surface area contributed by atoms with Crippen LogP contribution >= 0.6 is 0 Å². The van der Waals surface area contributed by atoms with E-state index in [9.17, 15) is 8.42 Å². The van der Waals surface area contributed by atoms with Gasteiger partial charge in [0.25, 0.3) is 0 Å². The predicted octanol–water partition coefficient (Wildman–Crippen LogP) is 4.30. The Labute approximate surface area is 154 Å². The molecule has 0 unspecified atom stereocenters. The van der Waals surface area contributed by atoms with Gasteiger partial charge in [0.2, 0.25) is 10.0 Å². The molecular weight excluding hydrogens is 344 g/mol. The van der Waals surface area contributed by atoms with Gasteiger partial charge >= 0.3 is 0 Å². The van der Waals surface area contributed by atoms with Crippen molar-refractivity contribution in [2.24, 2.45) is 0 Å². The maximum atomic E-state index is 12.9. The Bertz CT molecular complexity index is 965. The lowest BCUT2D eigenvalue weighted by atomic mass is 9.95. The van der Waals surface area contributed by atoms with Gasteiger partial charge < -0.3 is 4.98 Å². The number of rotatable bonds is 4. The molecule has 26 heavy (non-hydrogen) atoms. The number of aromatic nitrogens is 1. The van der Waals surface area contributed by atoms with E-state index in [1.165, 1.54) is 11.1 Å². The number of aryl methyl sites for hydroxylation is 1. The molecule has 4 rings (SSSR count). The highest BCUT2D eigenvalue weighted by atomic mass is 32.2. The molecule has 1 aliphatic rings. The zero-order valence-corrected chi connectivity index (χ0v) is 15.8. The van der Waals surface area contributed by atoms with E-state index in [-0.39, 0.29) is 0 Å². The monoisotopic (exact) mass is 368 g/mol. The average Bonchev–Trinajstić information content (AvgIpc) is 3.12. The molecule has 1 saturated heterocycles. The van der Waals surface area contributed by atoms with Gasteiger partial charge in [-0.2, -0.15) is 4.31 Å². The third kappa shape index (κ3) is 3.17. The fraction of sp³-hybridized carbons (Fsp3) is 0.333. The number of hydrogen-bond acceptors (Lipinski definition) is 2. The Morgan fingerprint density at radius 1 is 1.04 bits per heavy atom. The van der Waals surface area contributed by atoms with Gasteiger partial charge in [-0.25, -0.2) is 8.42 Å². The summed E-state index contributed by atoms with van der Waals surface area (Å²) in [6, 6.07) is 17.7. The van der Waals surface area contributed by atoms with Crippen molar-refractivity contribution in [2.45, 2.75) is 37.0 Å². The summed E-state index contributed by atoms with van der Waals surface area (Å²) in [5.74, 6) is 0.385. The van der Waals surface area contributed by atoms with Gasteiger partial charge in [-0.15, -0.1) is 0 Å². The highest BCUT2D eigenvalue weighted by Gasteiger charge is 2.30. The lowest BCUT2D eigenvalue weighted by Gasteiger charge is -2.30. The van der Waals surface area contributed by atoms with Crippen LogP contribution in [0.2, 0.25) is 0 Å². The number of hydrogen-bond donors (Lipinski definition) is 1. The van der Waals surface area contributed by atoms with Gasteiger partial charge in [0.1, 0.15) is 0 Å². The molecule has 0 radical (unpaired) electrons. The zero-order chi connectivity index (χ0) is 18.1. The van der Waals surface area contributed by atoms with Crippen LogP contribution < -0.4 is 0 Å². The molecule has 2 heterocycles. The summed E-state index contributed by atoms with van der Waals surface area (Å²) in [5.41, 5.74) is 3.52. The summed E-state index contributed by atoms with van der Waals surface area (Å²) in [4.78, 5) is 3.90. The third-order valence-electron chi connectivity index (χ3n) is 5.41. The molecule has 0 amide bonds. The first-order valence-corrected chi connectivity index (χ1v) is 10.7. The molecule has 0 bridgehead atoms. The van der Waals surface area contributed by atoms with Gasteiger partial charge in [-0.3, -0.25) is 0 Å². The zero-order valence-electron chi connectivity index (χ0n) is 15.0. The Morgan fingerprint density at radius 2 is 1.73 bits per heavy atom. The summed E-state index contributed by atoms with van der Waals surface area (Å²) in [6.45, 7) is 3.20. The largest absolute Gasteiger partial charge is 0.358 e. The minimum Gasteiger partial charge on any atom is -0.358 e. The molecule has 1 N–H and O–H groups in total. The highest BCUT2D eigenvalue weighted by molar-refractivity contribution is 7.89. The van der Waals surface area contributed by atoms with Crippen LogP contribution in [0.25, 0.3) is 10.9 Å². The standard InChI is InChI=1S/C21H24N2O2S/c1-2-16-7-9-19(10-8-16)26(24,25)23-13-11-17(12-14-23)21-15-18-5-3-4-6-20(18)22-21/h3-10,15,17,22H,2,11-14H2,1H3. The maximum absolute atomic E-state index is 12.9. The summed E-state index contributed by atoms with van der Waals surface area (Å²) in [7, 11) is -3.39. The molecule has 3 aromatic rings. The SMILES string of the molecule is CCc1ccc(S(=O)(=O)N2CCC(c3cc4ccccc4[nH]3)CC2)cc1. The first-order chi connectivity index (χ1) is 12.6. The molecule has 0 aliphatic carbocycles. The summed E-state index contributed by atoms with van der Waals surface area (Å²) < 4.78 is 27.4. The number of benzene rings is 2. The van der Waals surface area contributed by atoms with Crippen molar-refractivity contribution in [3.05, 3.63) is 65.9 Å². The van der Waals surface area contributed by atoms with Crippen LogP contribution in [0, 0.1) is 0 Å². The molecule has 1 aliphatic heterocycles. The highest BCUT2D eigenvalue weighted by Crippen LogP contribution is 2.32. The minimum absolute atomic E-state index is 0.385. The van der Waals surface area contributed by atoms with Gasteiger partial charge in [0.05, 0.1) is 4.90 Å². The average molecular weight is 369 g/mol. The summed E-state index contributed by atoms with van der Waals surface area (Å²) in [6.07, 6.45) is 2.61. The number of nitrogens with one attached hydrogen (secondary N) is 1. The number of aromatic amines is 1. The van der Waals surface area contributed by atoms with Crippen LogP contribution in [0.15, 0.2) is 59.5 Å². The second-order valence-electron chi connectivity index (χ2n) is 6.99. The van der Waals surface area contributed by atoms with E-state index in [1.807, 2.05) is 24.3 Å². The number of piperidine rings is 1. The number of para-hydroxylation sites is 1. The molecular formula is C21H24N2O2S. The molecule has 1 fully saturated rings. The molecule has 136 valence electrons. The Morgan fingerprint density at radius 3 is 2.38 bits per heavy atom. The van der Waals surface area contributed by atoms with Crippen LogP contribution in [0.3, 0.4) is 0 Å². The third-order valence-corrected chi connectivity index (χ3v) is 7.33.